The number of alkyl halides is 3. The maximum atomic E-state index is 11.6. The van der Waals surface area contributed by atoms with Gasteiger partial charge in [-0.2, -0.15) is 18.2 Å². The van der Waals surface area contributed by atoms with E-state index in [9.17, 15) is 13.2 Å². The number of halogens is 3. The average molecular weight is 284 g/mol. The van der Waals surface area contributed by atoms with Crippen LogP contribution in [0.25, 0.3) is 0 Å². The van der Waals surface area contributed by atoms with Crippen LogP contribution in [0.2, 0.25) is 0 Å². The van der Waals surface area contributed by atoms with Crippen molar-refractivity contribution in [1.82, 2.24) is 30.4 Å². The molecule has 2 heterocycles. The number of hydrogen-bond donors (Lipinski definition) is 4. The first-order valence-corrected chi connectivity index (χ1v) is 4.94. The van der Waals surface area contributed by atoms with Gasteiger partial charge in [-0.25, -0.2) is 4.98 Å². The summed E-state index contributed by atoms with van der Waals surface area (Å²) < 4.78 is 35.2. The Labute approximate surface area is 103 Å². The first-order chi connectivity index (χ1) is 7.79. The first-order valence-electron chi connectivity index (χ1n) is 4.12. The van der Waals surface area contributed by atoms with Gasteiger partial charge in [0.25, 0.3) is 0 Å². The smallest absolute Gasteiger partial charge is 0.286 e. The lowest BCUT2D eigenvalue weighted by atomic mass is 10.6. The number of nitrogens with one attached hydrogen (secondary N) is 4. The third kappa shape index (κ3) is 4.48. The Balaban J connectivity index is 0.000000181. The second kappa shape index (κ2) is 5.23. The first kappa shape index (κ1) is 13.6. The van der Waals surface area contributed by atoms with Crippen LogP contribution >= 0.6 is 24.4 Å². The summed E-state index contributed by atoms with van der Waals surface area (Å²) in [6, 6.07) is 0. The zero-order valence-electron chi connectivity index (χ0n) is 8.34. The minimum Gasteiger partial charge on any atom is -0.286 e. The Morgan fingerprint density at radius 1 is 0.941 bits per heavy atom. The van der Waals surface area contributed by atoms with Crippen molar-refractivity contribution in [1.29, 1.82) is 0 Å². The van der Waals surface area contributed by atoms with E-state index in [0.717, 1.165) is 5.82 Å². The normalized spacial score (nSPS) is 10.8. The summed E-state index contributed by atoms with van der Waals surface area (Å²) in [5, 5.41) is 9.19. The van der Waals surface area contributed by atoms with Gasteiger partial charge in [0.2, 0.25) is 15.4 Å². The molecule has 6 nitrogen and oxygen atoms in total. The van der Waals surface area contributed by atoms with Crippen molar-refractivity contribution in [3.63, 3.8) is 0 Å². The number of rotatable bonds is 0. The Kier molecular flexibility index (Phi) is 4.17. The average Bonchev–Trinajstić information content (AvgIpc) is 2.75. The van der Waals surface area contributed by atoms with Crippen LogP contribution < -0.4 is 0 Å². The molecule has 0 aliphatic heterocycles. The highest BCUT2D eigenvalue weighted by Crippen LogP contribution is 2.24. The Hall–Kier alpha value is -1.49. The van der Waals surface area contributed by atoms with E-state index in [2.05, 4.69) is 44.6 Å². The Bertz CT molecular complexity index is 575. The molecule has 0 saturated carbocycles. The monoisotopic (exact) mass is 284 g/mol. The highest BCUT2D eigenvalue weighted by atomic mass is 32.1. The zero-order valence-corrected chi connectivity index (χ0v) is 9.98. The van der Waals surface area contributed by atoms with E-state index in [4.69, 9.17) is 0 Å². The van der Waals surface area contributed by atoms with Gasteiger partial charge in [-0.1, -0.05) is 0 Å². The van der Waals surface area contributed by atoms with Crippen LogP contribution in [-0.4, -0.2) is 30.4 Å². The summed E-state index contributed by atoms with van der Waals surface area (Å²) in [5.41, 5.74) is 0. The van der Waals surface area contributed by atoms with E-state index >= 15 is 0 Å². The molecular weight excluding hydrogens is 277 g/mol. The van der Waals surface area contributed by atoms with E-state index in [0.29, 0.717) is 4.77 Å². The third-order valence-corrected chi connectivity index (χ3v) is 1.78. The summed E-state index contributed by atoms with van der Waals surface area (Å²) in [7, 11) is 0. The molecule has 0 fully saturated rings. The van der Waals surface area contributed by atoms with Crippen molar-refractivity contribution < 1.29 is 13.2 Å². The van der Waals surface area contributed by atoms with Crippen LogP contribution in [0, 0.1) is 16.5 Å². The van der Waals surface area contributed by atoms with Gasteiger partial charge in [-0.15, -0.1) is 0 Å². The van der Waals surface area contributed by atoms with Gasteiger partial charge in [0.1, 0.15) is 5.82 Å². The van der Waals surface area contributed by atoms with E-state index in [1.807, 2.05) is 12.0 Å². The SMILES string of the molecule is Cc1nc(=S)[nH][nH]1.FC(F)(F)c1nc(=S)[nH][nH]1. The molecule has 0 spiro atoms. The Morgan fingerprint density at radius 3 is 1.65 bits per heavy atom. The van der Waals surface area contributed by atoms with E-state index in [-0.39, 0.29) is 4.77 Å². The molecule has 2 aromatic rings. The standard InChI is InChI=1S/C3H2F3N3S.C3H5N3S/c4-3(5,6)1-7-2(10)9-8-1;1-2-4-3(7)6-5-2/h(H2,7,8,9,10);1H3,(H2,4,5,6,7). The molecule has 17 heavy (non-hydrogen) atoms. The highest BCUT2D eigenvalue weighted by molar-refractivity contribution is 7.71. The van der Waals surface area contributed by atoms with Crippen molar-refractivity contribution in [2.45, 2.75) is 13.1 Å². The van der Waals surface area contributed by atoms with Crippen molar-refractivity contribution in [2.24, 2.45) is 0 Å². The zero-order chi connectivity index (χ0) is 13.1. The summed E-state index contributed by atoms with van der Waals surface area (Å²) >= 11 is 8.94. The Morgan fingerprint density at radius 2 is 1.47 bits per heavy atom. The second-order valence-corrected chi connectivity index (χ2v) is 3.54. The summed E-state index contributed by atoms with van der Waals surface area (Å²) in [5.74, 6) is -0.275. The van der Waals surface area contributed by atoms with Gasteiger partial charge >= 0.3 is 6.18 Å². The fraction of sp³-hybridized carbons (Fsp3) is 0.333. The topological polar surface area (TPSA) is 88.9 Å². The molecule has 11 heteroatoms. The molecule has 0 bridgehead atoms. The molecule has 0 aromatic carbocycles. The lowest BCUT2D eigenvalue weighted by Crippen LogP contribution is -2.07. The van der Waals surface area contributed by atoms with Crippen LogP contribution in [0.15, 0.2) is 0 Å². The van der Waals surface area contributed by atoms with Crippen molar-refractivity contribution in [3.05, 3.63) is 21.2 Å². The fourth-order valence-electron chi connectivity index (χ4n) is 0.757. The third-order valence-electron chi connectivity index (χ3n) is 1.39. The molecule has 4 N–H and O–H groups in total. The van der Waals surface area contributed by atoms with Gasteiger partial charge in [0.05, 0.1) is 0 Å². The van der Waals surface area contributed by atoms with Crippen LogP contribution in [0.1, 0.15) is 11.6 Å². The minimum atomic E-state index is -4.45. The van der Waals surface area contributed by atoms with E-state index in [1.165, 1.54) is 0 Å². The summed E-state index contributed by atoms with van der Waals surface area (Å²) in [4.78, 5) is 6.78. The van der Waals surface area contributed by atoms with Crippen molar-refractivity contribution in [3.8, 4) is 0 Å². The molecule has 0 radical (unpaired) electrons. The predicted octanol–water partition coefficient (Wildman–Crippen LogP) is 2.26. The molecule has 0 unspecified atom stereocenters. The van der Waals surface area contributed by atoms with Crippen LogP contribution in [-0.2, 0) is 6.18 Å². The number of H-pyrrole nitrogens is 4. The lowest BCUT2D eigenvalue weighted by Gasteiger charge is -1.97. The lowest BCUT2D eigenvalue weighted by molar-refractivity contribution is -0.144. The highest BCUT2D eigenvalue weighted by Gasteiger charge is 2.34. The quantitative estimate of drug-likeness (QED) is 0.559. The molecule has 94 valence electrons. The number of hydrogen-bond acceptors (Lipinski definition) is 4. The molecule has 0 aliphatic rings. The molecule has 0 aliphatic carbocycles. The van der Waals surface area contributed by atoms with Crippen LogP contribution in [0.5, 0.6) is 0 Å². The summed E-state index contributed by atoms with van der Waals surface area (Å²) in [6.07, 6.45) is -4.45. The minimum absolute atomic E-state index is 0.202. The van der Waals surface area contributed by atoms with Gasteiger partial charge in [-0.05, 0) is 31.4 Å². The van der Waals surface area contributed by atoms with Gasteiger partial charge < -0.3 is 0 Å². The molecule has 2 rings (SSSR count). The largest absolute Gasteiger partial charge is 0.451 e. The maximum Gasteiger partial charge on any atom is 0.451 e. The van der Waals surface area contributed by atoms with Crippen LogP contribution in [0.3, 0.4) is 0 Å². The fourth-order valence-corrected chi connectivity index (χ4v) is 1.09. The number of nitrogens with zero attached hydrogens (tertiary/aromatic N) is 2. The number of aromatic amines is 4. The van der Waals surface area contributed by atoms with Gasteiger partial charge in [0.15, 0.2) is 0 Å². The van der Waals surface area contributed by atoms with Crippen LogP contribution in [0.4, 0.5) is 13.2 Å². The molecule has 2 aromatic heterocycles. The van der Waals surface area contributed by atoms with E-state index in [1.54, 1.807) is 5.10 Å². The van der Waals surface area contributed by atoms with E-state index < -0.39 is 12.0 Å². The molecular formula is C6H7F3N6S2. The second-order valence-electron chi connectivity index (χ2n) is 2.77. The molecule has 0 saturated heterocycles. The predicted molar refractivity (Wildman–Crippen MR) is 57.3 cm³/mol. The maximum absolute atomic E-state index is 11.6. The number of aromatic nitrogens is 6. The number of aryl methyl sites for hydroxylation is 1. The summed E-state index contributed by atoms with van der Waals surface area (Å²) in [6.45, 7) is 1.84. The van der Waals surface area contributed by atoms with Gasteiger partial charge in [0, 0.05) is 0 Å². The van der Waals surface area contributed by atoms with Crippen molar-refractivity contribution >= 4 is 24.4 Å². The molecule has 0 amide bonds. The van der Waals surface area contributed by atoms with Crippen molar-refractivity contribution in [2.75, 3.05) is 0 Å². The van der Waals surface area contributed by atoms with Gasteiger partial charge in [-0.3, -0.25) is 20.4 Å². The molecule has 0 atom stereocenters.